The van der Waals surface area contributed by atoms with Crippen molar-refractivity contribution in [2.24, 2.45) is 11.7 Å². The van der Waals surface area contributed by atoms with Gasteiger partial charge in [-0.25, -0.2) is 0 Å². The van der Waals surface area contributed by atoms with Gasteiger partial charge in [-0.1, -0.05) is 31.2 Å². The first-order valence-electron chi connectivity index (χ1n) is 6.78. The molecule has 0 spiro atoms. The number of nitrogens with one attached hydrogen (secondary N) is 1. The third-order valence-electron chi connectivity index (χ3n) is 3.71. The molecule has 2 rings (SSSR count). The third kappa shape index (κ3) is 2.91. The van der Waals surface area contributed by atoms with Gasteiger partial charge in [-0.2, -0.15) is 0 Å². The van der Waals surface area contributed by atoms with Crippen LogP contribution in [0.4, 0.5) is 0 Å². The van der Waals surface area contributed by atoms with Gasteiger partial charge in [0.1, 0.15) is 0 Å². The molecule has 0 bridgehead atoms. The number of benzene rings is 1. The Balaban J connectivity index is 2.04. The van der Waals surface area contributed by atoms with Crippen LogP contribution in [0.25, 0.3) is 0 Å². The Kier molecular flexibility index (Phi) is 4.37. The normalized spacial score (nSPS) is 20.0. The Morgan fingerprint density at radius 3 is 3.06 bits per heavy atom. The summed E-state index contributed by atoms with van der Waals surface area (Å²) in [6, 6.07) is 8.30. The van der Waals surface area contributed by atoms with Crippen molar-refractivity contribution < 1.29 is 4.79 Å². The lowest BCUT2D eigenvalue weighted by molar-refractivity contribution is -0.123. The molecular formula is C15H22N2O. The van der Waals surface area contributed by atoms with Gasteiger partial charge in [0, 0.05) is 6.54 Å². The van der Waals surface area contributed by atoms with E-state index in [1.54, 1.807) is 0 Å². The Bertz CT molecular complexity index is 417. The van der Waals surface area contributed by atoms with Crippen molar-refractivity contribution in [2.75, 3.05) is 13.1 Å². The van der Waals surface area contributed by atoms with Gasteiger partial charge >= 0.3 is 0 Å². The van der Waals surface area contributed by atoms with E-state index in [0.29, 0.717) is 19.0 Å². The number of carbonyl (C=O) groups excluding carboxylic acids is 1. The monoisotopic (exact) mass is 246 g/mol. The lowest BCUT2D eigenvalue weighted by Gasteiger charge is -2.25. The van der Waals surface area contributed by atoms with Crippen LogP contribution < -0.4 is 11.1 Å². The molecule has 0 saturated heterocycles. The lowest BCUT2D eigenvalue weighted by Crippen LogP contribution is -2.35. The van der Waals surface area contributed by atoms with Crippen LogP contribution in [0.1, 0.15) is 36.8 Å². The van der Waals surface area contributed by atoms with Gasteiger partial charge < -0.3 is 11.1 Å². The minimum absolute atomic E-state index is 0.0277. The molecule has 3 N–H and O–H groups in total. The smallest absolute Gasteiger partial charge is 0.227 e. The second-order valence-corrected chi connectivity index (χ2v) is 5.23. The quantitative estimate of drug-likeness (QED) is 0.851. The van der Waals surface area contributed by atoms with Gasteiger partial charge in [0.15, 0.2) is 0 Å². The minimum Gasteiger partial charge on any atom is -0.355 e. The third-order valence-corrected chi connectivity index (χ3v) is 3.71. The van der Waals surface area contributed by atoms with Gasteiger partial charge in [-0.05, 0) is 42.9 Å². The molecule has 1 aliphatic rings. The molecule has 0 aliphatic heterocycles. The highest BCUT2D eigenvalue weighted by Gasteiger charge is 2.25. The number of carbonyl (C=O) groups is 1. The van der Waals surface area contributed by atoms with Crippen molar-refractivity contribution in [3.8, 4) is 0 Å². The standard InChI is InChI=1S/C15H22N2O/c1-11(9-16)10-17-15(18)14-8-4-6-12-5-2-3-7-13(12)14/h2-3,5,7,11,14H,4,6,8-10,16H2,1H3,(H,17,18). The first-order valence-corrected chi connectivity index (χ1v) is 6.78. The molecule has 0 radical (unpaired) electrons. The van der Waals surface area contributed by atoms with E-state index in [4.69, 9.17) is 5.73 Å². The maximum atomic E-state index is 12.2. The number of rotatable bonds is 4. The van der Waals surface area contributed by atoms with Crippen LogP contribution in [-0.2, 0) is 11.2 Å². The zero-order chi connectivity index (χ0) is 13.0. The fourth-order valence-electron chi connectivity index (χ4n) is 2.51. The number of aryl methyl sites for hydroxylation is 1. The maximum absolute atomic E-state index is 12.2. The summed E-state index contributed by atoms with van der Waals surface area (Å²) >= 11 is 0. The molecule has 3 nitrogen and oxygen atoms in total. The highest BCUT2D eigenvalue weighted by molar-refractivity contribution is 5.84. The summed E-state index contributed by atoms with van der Waals surface area (Å²) in [7, 11) is 0. The average Bonchev–Trinajstić information content (AvgIpc) is 2.43. The van der Waals surface area contributed by atoms with Gasteiger partial charge in [-0.15, -0.1) is 0 Å². The summed E-state index contributed by atoms with van der Waals surface area (Å²) in [5.74, 6) is 0.523. The number of hydrogen-bond acceptors (Lipinski definition) is 2. The largest absolute Gasteiger partial charge is 0.355 e. The highest BCUT2D eigenvalue weighted by Crippen LogP contribution is 2.31. The topological polar surface area (TPSA) is 55.1 Å². The van der Waals surface area contributed by atoms with E-state index in [-0.39, 0.29) is 11.8 Å². The molecule has 2 atom stereocenters. The minimum atomic E-state index is 0.0277. The molecule has 3 heteroatoms. The van der Waals surface area contributed by atoms with Crippen molar-refractivity contribution in [3.05, 3.63) is 35.4 Å². The first kappa shape index (κ1) is 13.1. The predicted molar refractivity (Wildman–Crippen MR) is 73.3 cm³/mol. The van der Waals surface area contributed by atoms with Crippen LogP contribution in [0.2, 0.25) is 0 Å². The van der Waals surface area contributed by atoms with E-state index in [1.807, 2.05) is 6.07 Å². The van der Waals surface area contributed by atoms with E-state index in [1.165, 1.54) is 11.1 Å². The van der Waals surface area contributed by atoms with Gasteiger partial charge in [-0.3, -0.25) is 4.79 Å². The first-order chi connectivity index (χ1) is 8.72. The Morgan fingerprint density at radius 2 is 2.28 bits per heavy atom. The Hall–Kier alpha value is -1.35. The van der Waals surface area contributed by atoms with Crippen LogP contribution in [0.3, 0.4) is 0 Å². The summed E-state index contributed by atoms with van der Waals surface area (Å²) in [5, 5.41) is 3.03. The van der Waals surface area contributed by atoms with Crippen LogP contribution in [0.5, 0.6) is 0 Å². The second kappa shape index (κ2) is 6.01. The molecule has 0 fully saturated rings. The lowest BCUT2D eigenvalue weighted by atomic mass is 9.82. The molecule has 0 saturated carbocycles. The van der Waals surface area contributed by atoms with E-state index < -0.39 is 0 Å². The summed E-state index contributed by atoms with van der Waals surface area (Å²) in [4.78, 5) is 12.2. The molecule has 0 heterocycles. The van der Waals surface area contributed by atoms with Gasteiger partial charge in [0.2, 0.25) is 5.91 Å². The molecule has 0 aromatic heterocycles. The number of fused-ring (bicyclic) bond motifs is 1. The zero-order valence-electron chi connectivity index (χ0n) is 11.0. The van der Waals surface area contributed by atoms with Gasteiger partial charge in [0.05, 0.1) is 5.92 Å². The number of hydrogen-bond donors (Lipinski definition) is 2. The van der Waals surface area contributed by atoms with E-state index in [2.05, 4.69) is 30.4 Å². The van der Waals surface area contributed by atoms with Crippen molar-refractivity contribution in [2.45, 2.75) is 32.1 Å². The van der Waals surface area contributed by atoms with Crippen molar-refractivity contribution in [1.82, 2.24) is 5.32 Å². The van der Waals surface area contributed by atoms with Crippen molar-refractivity contribution in [1.29, 1.82) is 0 Å². The predicted octanol–water partition coefficient (Wildman–Crippen LogP) is 1.82. The van der Waals surface area contributed by atoms with E-state index in [0.717, 1.165) is 19.3 Å². The van der Waals surface area contributed by atoms with E-state index >= 15 is 0 Å². The van der Waals surface area contributed by atoms with Crippen LogP contribution >= 0.6 is 0 Å². The molecular weight excluding hydrogens is 224 g/mol. The maximum Gasteiger partial charge on any atom is 0.227 e. The number of amides is 1. The molecule has 1 aromatic rings. The SMILES string of the molecule is CC(CN)CNC(=O)C1CCCc2ccccc21. The Labute approximate surface area is 109 Å². The van der Waals surface area contributed by atoms with E-state index in [9.17, 15) is 4.79 Å². The molecule has 98 valence electrons. The number of nitrogens with two attached hydrogens (primary N) is 1. The second-order valence-electron chi connectivity index (χ2n) is 5.23. The van der Waals surface area contributed by atoms with Crippen LogP contribution in [0.15, 0.2) is 24.3 Å². The fourth-order valence-corrected chi connectivity index (χ4v) is 2.51. The molecule has 1 aliphatic carbocycles. The Morgan fingerprint density at radius 1 is 1.50 bits per heavy atom. The molecule has 1 amide bonds. The fraction of sp³-hybridized carbons (Fsp3) is 0.533. The van der Waals surface area contributed by atoms with Crippen molar-refractivity contribution in [3.63, 3.8) is 0 Å². The summed E-state index contributed by atoms with van der Waals surface area (Å²) in [6.45, 7) is 3.34. The van der Waals surface area contributed by atoms with Gasteiger partial charge in [0.25, 0.3) is 0 Å². The van der Waals surface area contributed by atoms with Crippen LogP contribution in [-0.4, -0.2) is 19.0 Å². The molecule has 1 aromatic carbocycles. The summed E-state index contributed by atoms with van der Waals surface area (Å²) in [6.07, 6.45) is 3.15. The molecule has 2 unspecified atom stereocenters. The van der Waals surface area contributed by atoms with Crippen molar-refractivity contribution >= 4 is 5.91 Å². The zero-order valence-corrected chi connectivity index (χ0v) is 11.0. The van der Waals surface area contributed by atoms with Crippen LogP contribution in [0, 0.1) is 5.92 Å². The summed E-state index contributed by atoms with van der Waals surface area (Å²) < 4.78 is 0. The average molecular weight is 246 g/mol. The molecule has 18 heavy (non-hydrogen) atoms. The summed E-state index contributed by atoms with van der Waals surface area (Å²) in [5.41, 5.74) is 8.10. The highest BCUT2D eigenvalue weighted by atomic mass is 16.1.